The number of anilines is 1. The molecule has 2 heterocycles. The zero-order chi connectivity index (χ0) is 13.1. The van der Waals surface area contributed by atoms with Crippen LogP contribution in [0.3, 0.4) is 0 Å². The molecule has 1 aliphatic rings. The van der Waals surface area contributed by atoms with Crippen LogP contribution >= 0.6 is 0 Å². The normalized spacial score (nSPS) is 25.1. The van der Waals surface area contributed by atoms with E-state index in [-0.39, 0.29) is 6.10 Å². The first-order valence-corrected chi connectivity index (χ1v) is 6.61. The predicted octanol–water partition coefficient (Wildman–Crippen LogP) is 1.98. The van der Waals surface area contributed by atoms with E-state index >= 15 is 0 Å². The molecule has 100 valence electrons. The molecule has 1 aromatic rings. The largest absolute Gasteiger partial charge is 0.376 e. The Kier molecular flexibility index (Phi) is 4.19. The first-order valence-electron chi connectivity index (χ1n) is 6.61. The van der Waals surface area contributed by atoms with Crippen molar-refractivity contribution in [3.63, 3.8) is 0 Å². The zero-order valence-electron chi connectivity index (χ0n) is 11.7. The van der Waals surface area contributed by atoms with E-state index in [0.717, 1.165) is 18.8 Å². The van der Waals surface area contributed by atoms with Crippen molar-refractivity contribution in [2.75, 3.05) is 25.6 Å². The Hall–Kier alpha value is -1.13. The zero-order valence-corrected chi connectivity index (χ0v) is 11.7. The van der Waals surface area contributed by atoms with Gasteiger partial charge in [0.25, 0.3) is 0 Å². The molecule has 1 fully saturated rings. The molecule has 0 aliphatic carbocycles. The van der Waals surface area contributed by atoms with Crippen LogP contribution in [0.15, 0.2) is 18.3 Å². The Balaban J connectivity index is 2.26. The summed E-state index contributed by atoms with van der Waals surface area (Å²) >= 11 is 0. The standard InChI is InChI=1S/C14H23N3O/c1-10(15-3)12-6-5-8-16-14(12)17(4)13-7-9-18-11(13)2/h5-6,8,10-11,13,15H,7,9H2,1-4H3. The van der Waals surface area contributed by atoms with Crippen molar-refractivity contribution in [2.24, 2.45) is 0 Å². The number of nitrogens with zero attached hydrogens (tertiary/aromatic N) is 2. The Morgan fingerprint density at radius 1 is 1.56 bits per heavy atom. The van der Waals surface area contributed by atoms with Crippen molar-refractivity contribution >= 4 is 5.82 Å². The van der Waals surface area contributed by atoms with Gasteiger partial charge >= 0.3 is 0 Å². The number of ether oxygens (including phenoxy) is 1. The quantitative estimate of drug-likeness (QED) is 0.885. The fourth-order valence-electron chi connectivity index (χ4n) is 2.58. The van der Waals surface area contributed by atoms with Crippen LogP contribution in [0.1, 0.15) is 31.9 Å². The molecule has 1 aliphatic heterocycles. The van der Waals surface area contributed by atoms with Crippen molar-refractivity contribution in [1.29, 1.82) is 0 Å². The highest BCUT2D eigenvalue weighted by Crippen LogP contribution is 2.28. The fourth-order valence-corrected chi connectivity index (χ4v) is 2.58. The average Bonchev–Trinajstić information content (AvgIpc) is 2.83. The molecule has 0 bridgehead atoms. The highest BCUT2D eigenvalue weighted by molar-refractivity contribution is 5.49. The first kappa shape index (κ1) is 13.3. The minimum atomic E-state index is 0.273. The summed E-state index contributed by atoms with van der Waals surface area (Å²) in [5, 5.41) is 3.28. The molecule has 18 heavy (non-hydrogen) atoms. The Bertz CT molecular complexity index is 396. The summed E-state index contributed by atoms with van der Waals surface area (Å²) in [4.78, 5) is 6.82. The van der Waals surface area contributed by atoms with Gasteiger partial charge < -0.3 is 15.0 Å². The number of aromatic nitrogens is 1. The van der Waals surface area contributed by atoms with Crippen LogP contribution in [0, 0.1) is 0 Å². The Morgan fingerprint density at radius 3 is 2.94 bits per heavy atom. The second-order valence-electron chi connectivity index (χ2n) is 4.97. The maximum Gasteiger partial charge on any atom is 0.133 e. The van der Waals surface area contributed by atoms with Gasteiger partial charge in [-0.3, -0.25) is 0 Å². The lowest BCUT2D eigenvalue weighted by Crippen LogP contribution is -2.38. The molecule has 0 amide bonds. The number of rotatable bonds is 4. The molecule has 0 saturated carbocycles. The summed E-state index contributed by atoms with van der Waals surface area (Å²) in [6.45, 7) is 5.14. The van der Waals surface area contributed by atoms with Crippen LogP contribution in [-0.2, 0) is 4.74 Å². The highest BCUT2D eigenvalue weighted by atomic mass is 16.5. The lowest BCUT2D eigenvalue weighted by atomic mass is 10.1. The molecule has 0 spiro atoms. The molecule has 1 saturated heterocycles. The van der Waals surface area contributed by atoms with Crippen molar-refractivity contribution in [1.82, 2.24) is 10.3 Å². The van der Waals surface area contributed by atoms with Crippen molar-refractivity contribution < 1.29 is 4.74 Å². The third kappa shape index (κ3) is 2.49. The van der Waals surface area contributed by atoms with Gasteiger partial charge in [-0.15, -0.1) is 0 Å². The number of nitrogens with one attached hydrogen (secondary N) is 1. The molecule has 4 heteroatoms. The maximum atomic E-state index is 5.65. The number of hydrogen-bond donors (Lipinski definition) is 1. The van der Waals surface area contributed by atoms with Gasteiger partial charge in [-0.2, -0.15) is 0 Å². The molecule has 1 aromatic heterocycles. The van der Waals surface area contributed by atoms with Crippen LogP contribution in [0.2, 0.25) is 0 Å². The molecule has 3 unspecified atom stereocenters. The summed E-state index contributed by atoms with van der Waals surface area (Å²) < 4.78 is 5.65. The second kappa shape index (κ2) is 5.67. The van der Waals surface area contributed by atoms with E-state index in [4.69, 9.17) is 4.74 Å². The molecule has 2 rings (SSSR count). The van der Waals surface area contributed by atoms with Crippen LogP contribution in [0.4, 0.5) is 5.82 Å². The summed E-state index contributed by atoms with van der Waals surface area (Å²) in [5.74, 6) is 1.06. The van der Waals surface area contributed by atoms with E-state index in [1.807, 2.05) is 19.3 Å². The summed E-state index contributed by atoms with van der Waals surface area (Å²) in [5.41, 5.74) is 1.24. The summed E-state index contributed by atoms with van der Waals surface area (Å²) in [7, 11) is 4.09. The maximum absolute atomic E-state index is 5.65. The first-order chi connectivity index (χ1) is 8.65. The van der Waals surface area contributed by atoms with Gasteiger partial charge in [-0.25, -0.2) is 4.98 Å². The third-order valence-electron chi connectivity index (χ3n) is 3.88. The number of likely N-dealkylation sites (N-methyl/N-ethyl adjacent to an activating group) is 1. The Morgan fingerprint density at radius 2 is 2.33 bits per heavy atom. The van der Waals surface area contributed by atoms with Gasteiger partial charge in [0.2, 0.25) is 0 Å². The third-order valence-corrected chi connectivity index (χ3v) is 3.88. The van der Waals surface area contributed by atoms with Crippen LogP contribution in [-0.4, -0.2) is 37.8 Å². The monoisotopic (exact) mass is 249 g/mol. The van der Waals surface area contributed by atoms with Crippen LogP contribution < -0.4 is 10.2 Å². The molecule has 0 radical (unpaired) electrons. The van der Waals surface area contributed by atoms with E-state index in [9.17, 15) is 0 Å². The molecular weight excluding hydrogens is 226 g/mol. The van der Waals surface area contributed by atoms with Crippen molar-refractivity contribution in [3.05, 3.63) is 23.9 Å². The van der Waals surface area contributed by atoms with E-state index in [1.54, 1.807) is 0 Å². The van der Waals surface area contributed by atoms with E-state index < -0.39 is 0 Å². The summed E-state index contributed by atoms with van der Waals surface area (Å²) in [6.07, 6.45) is 3.20. The SMILES string of the molecule is CNC(C)c1cccnc1N(C)C1CCOC1C. The fraction of sp³-hybridized carbons (Fsp3) is 0.643. The molecule has 0 aromatic carbocycles. The molecule has 3 atom stereocenters. The van der Waals surface area contributed by atoms with Gasteiger partial charge in [-0.1, -0.05) is 6.07 Å². The van der Waals surface area contributed by atoms with E-state index in [0.29, 0.717) is 12.1 Å². The van der Waals surface area contributed by atoms with Crippen molar-refractivity contribution in [2.45, 2.75) is 38.5 Å². The van der Waals surface area contributed by atoms with Gasteiger partial charge in [0.15, 0.2) is 0 Å². The van der Waals surface area contributed by atoms with Crippen LogP contribution in [0.5, 0.6) is 0 Å². The van der Waals surface area contributed by atoms with Crippen LogP contribution in [0.25, 0.3) is 0 Å². The van der Waals surface area contributed by atoms with Gasteiger partial charge in [0.05, 0.1) is 12.1 Å². The highest BCUT2D eigenvalue weighted by Gasteiger charge is 2.30. The predicted molar refractivity (Wildman–Crippen MR) is 73.9 cm³/mol. The molecular formula is C14H23N3O. The second-order valence-corrected chi connectivity index (χ2v) is 4.97. The van der Waals surface area contributed by atoms with Gasteiger partial charge in [0, 0.05) is 31.5 Å². The van der Waals surface area contributed by atoms with Crippen molar-refractivity contribution in [3.8, 4) is 0 Å². The molecule has 4 nitrogen and oxygen atoms in total. The topological polar surface area (TPSA) is 37.4 Å². The lowest BCUT2D eigenvalue weighted by molar-refractivity contribution is 0.118. The molecule has 1 N–H and O–H groups in total. The number of pyridine rings is 1. The average molecular weight is 249 g/mol. The minimum Gasteiger partial charge on any atom is -0.376 e. The van der Waals surface area contributed by atoms with E-state index in [2.05, 4.69) is 42.2 Å². The van der Waals surface area contributed by atoms with Gasteiger partial charge in [-0.05, 0) is 33.4 Å². The minimum absolute atomic E-state index is 0.273. The Labute approximate surface area is 109 Å². The smallest absolute Gasteiger partial charge is 0.133 e. The lowest BCUT2D eigenvalue weighted by Gasteiger charge is -2.30. The number of hydrogen-bond acceptors (Lipinski definition) is 4. The van der Waals surface area contributed by atoms with E-state index in [1.165, 1.54) is 5.56 Å². The summed E-state index contributed by atoms with van der Waals surface area (Å²) in [6, 6.07) is 4.85. The van der Waals surface area contributed by atoms with Gasteiger partial charge in [0.1, 0.15) is 5.82 Å².